The maximum Gasteiger partial charge on any atom is 0.196 e. The van der Waals surface area contributed by atoms with Crippen LogP contribution in [0.25, 0.3) is 0 Å². The van der Waals surface area contributed by atoms with Gasteiger partial charge in [-0.2, -0.15) is 5.21 Å². The number of aromatic nitrogens is 6. The van der Waals surface area contributed by atoms with Gasteiger partial charge >= 0.3 is 0 Å². The number of halogens is 1. The zero-order valence-electron chi connectivity index (χ0n) is 9.68. The molecule has 2 aromatic rings. The van der Waals surface area contributed by atoms with Gasteiger partial charge in [0.1, 0.15) is 16.8 Å². The van der Waals surface area contributed by atoms with E-state index in [0.717, 1.165) is 0 Å². The lowest BCUT2D eigenvalue weighted by Crippen LogP contribution is -2.13. The number of nitrogens with one attached hydrogen (secondary N) is 2. The summed E-state index contributed by atoms with van der Waals surface area (Å²) in [6.07, 6.45) is 0.604. The predicted molar refractivity (Wildman–Crippen MR) is 63.4 cm³/mol. The fourth-order valence-corrected chi connectivity index (χ4v) is 1.64. The first-order valence-electron chi connectivity index (χ1n) is 5.11. The maximum atomic E-state index is 11.0. The molecule has 0 spiro atoms. The van der Waals surface area contributed by atoms with Crippen LogP contribution in [0.2, 0.25) is 5.15 Å². The number of rotatable bonds is 4. The Balaban J connectivity index is 2.31. The molecule has 2 heterocycles. The molecule has 0 amide bonds. The minimum Gasteiger partial charge on any atom is -0.359 e. The molecule has 0 bridgehead atoms. The predicted octanol–water partition coefficient (Wildman–Crippen LogP) is 0.937. The lowest BCUT2D eigenvalue weighted by molar-refractivity contribution is 0.112. The average molecular weight is 268 g/mol. The standard InChI is InChI=1S/C9H10ClN7O/c1-4(8-14-16-17-15-8)11-9-6(3-18)7(10)12-5(2)13-9/h3-4H,1-2H3,(H,11,12,13)(H,14,15,16,17). The van der Waals surface area contributed by atoms with Crippen molar-refractivity contribution in [2.75, 3.05) is 5.32 Å². The van der Waals surface area contributed by atoms with Crippen LogP contribution in [0.5, 0.6) is 0 Å². The van der Waals surface area contributed by atoms with Crippen molar-refractivity contribution in [3.8, 4) is 0 Å². The number of anilines is 1. The first-order valence-corrected chi connectivity index (χ1v) is 5.48. The monoisotopic (exact) mass is 267 g/mol. The van der Waals surface area contributed by atoms with Crippen molar-refractivity contribution in [3.63, 3.8) is 0 Å². The van der Waals surface area contributed by atoms with E-state index >= 15 is 0 Å². The van der Waals surface area contributed by atoms with E-state index in [0.29, 0.717) is 23.8 Å². The molecule has 1 atom stereocenters. The molecule has 94 valence electrons. The fraction of sp³-hybridized carbons (Fsp3) is 0.333. The van der Waals surface area contributed by atoms with Gasteiger partial charge in [0.25, 0.3) is 0 Å². The molecule has 8 nitrogen and oxygen atoms in total. The van der Waals surface area contributed by atoms with E-state index in [4.69, 9.17) is 11.6 Å². The Bertz CT molecular complexity index is 556. The Morgan fingerprint density at radius 2 is 2.22 bits per heavy atom. The van der Waals surface area contributed by atoms with Crippen molar-refractivity contribution < 1.29 is 4.79 Å². The summed E-state index contributed by atoms with van der Waals surface area (Å²) in [4.78, 5) is 19.0. The SMILES string of the molecule is Cc1nc(Cl)c(C=O)c(NC(C)c2nn[nH]n2)n1. The van der Waals surface area contributed by atoms with Gasteiger partial charge < -0.3 is 5.32 Å². The molecule has 9 heteroatoms. The van der Waals surface area contributed by atoms with Gasteiger partial charge in [0.15, 0.2) is 12.1 Å². The quantitative estimate of drug-likeness (QED) is 0.626. The lowest BCUT2D eigenvalue weighted by Gasteiger charge is -2.13. The fourth-order valence-electron chi connectivity index (χ4n) is 1.38. The van der Waals surface area contributed by atoms with Gasteiger partial charge in [0, 0.05) is 0 Å². The highest BCUT2D eigenvalue weighted by Gasteiger charge is 2.16. The Kier molecular flexibility index (Phi) is 3.47. The smallest absolute Gasteiger partial charge is 0.196 e. The van der Waals surface area contributed by atoms with Crippen molar-refractivity contribution in [1.29, 1.82) is 0 Å². The minimum absolute atomic E-state index is 0.111. The van der Waals surface area contributed by atoms with E-state index in [2.05, 4.69) is 35.9 Å². The highest BCUT2D eigenvalue weighted by atomic mass is 35.5. The van der Waals surface area contributed by atoms with Gasteiger partial charge in [0.2, 0.25) is 0 Å². The largest absolute Gasteiger partial charge is 0.359 e. The third kappa shape index (κ3) is 2.43. The number of aryl methyl sites for hydroxylation is 1. The van der Waals surface area contributed by atoms with Crippen molar-refractivity contribution in [2.24, 2.45) is 0 Å². The molecule has 18 heavy (non-hydrogen) atoms. The molecule has 0 fully saturated rings. The number of carbonyl (C=O) groups is 1. The molecule has 0 aliphatic rings. The third-order valence-corrected chi connectivity index (χ3v) is 2.52. The molecule has 1 unspecified atom stereocenters. The Morgan fingerprint density at radius 3 is 2.83 bits per heavy atom. The number of aromatic amines is 1. The van der Waals surface area contributed by atoms with Crippen LogP contribution in [-0.4, -0.2) is 36.9 Å². The second-order valence-electron chi connectivity index (χ2n) is 3.58. The van der Waals surface area contributed by atoms with Crippen molar-refractivity contribution in [2.45, 2.75) is 19.9 Å². The molecule has 0 aromatic carbocycles. The second kappa shape index (κ2) is 5.05. The number of hydrogen-bond donors (Lipinski definition) is 2. The molecule has 0 saturated carbocycles. The van der Waals surface area contributed by atoms with Gasteiger partial charge in [-0.05, 0) is 13.8 Å². The van der Waals surface area contributed by atoms with Crippen LogP contribution in [0, 0.1) is 6.92 Å². The van der Waals surface area contributed by atoms with Crippen LogP contribution in [0.1, 0.15) is 35.0 Å². The van der Waals surface area contributed by atoms with E-state index < -0.39 is 0 Å². The summed E-state index contributed by atoms with van der Waals surface area (Å²) in [5.74, 6) is 1.27. The molecule has 2 rings (SSSR count). The Labute approximate surface area is 107 Å². The number of carbonyl (C=O) groups excluding carboxylic acids is 1. The van der Waals surface area contributed by atoms with E-state index in [1.54, 1.807) is 6.92 Å². The van der Waals surface area contributed by atoms with Crippen LogP contribution in [-0.2, 0) is 0 Å². The second-order valence-corrected chi connectivity index (χ2v) is 3.94. The lowest BCUT2D eigenvalue weighted by atomic mass is 10.2. The van der Waals surface area contributed by atoms with E-state index in [-0.39, 0.29) is 16.8 Å². The number of tetrazole rings is 1. The van der Waals surface area contributed by atoms with Gasteiger partial charge in [-0.1, -0.05) is 16.8 Å². The third-order valence-electron chi connectivity index (χ3n) is 2.23. The zero-order valence-corrected chi connectivity index (χ0v) is 10.4. The summed E-state index contributed by atoms with van der Waals surface area (Å²) < 4.78 is 0. The molecule has 0 aliphatic heterocycles. The Hall–Kier alpha value is -2.09. The van der Waals surface area contributed by atoms with Gasteiger partial charge in [-0.25, -0.2) is 9.97 Å². The van der Waals surface area contributed by atoms with Crippen LogP contribution in [0.3, 0.4) is 0 Å². The average Bonchev–Trinajstić information content (AvgIpc) is 2.81. The van der Waals surface area contributed by atoms with E-state index in [1.165, 1.54) is 0 Å². The van der Waals surface area contributed by atoms with Crippen LogP contribution in [0.15, 0.2) is 0 Å². The molecular weight excluding hydrogens is 258 g/mol. The summed E-state index contributed by atoms with van der Waals surface area (Å²) in [5.41, 5.74) is 0.206. The van der Waals surface area contributed by atoms with Crippen LogP contribution < -0.4 is 5.32 Å². The summed E-state index contributed by atoms with van der Waals surface area (Å²) in [5, 5.41) is 16.6. The normalized spacial score (nSPS) is 12.2. The number of nitrogens with zero attached hydrogens (tertiary/aromatic N) is 5. The topological polar surface area (TPSA) is 109 Å². The van der Waals surface area contributed by atoms with Crippen molar-refractivity contribution >= 4 is 23.7 Å². The molecule has 2 aromatic heterocycles. The molecule has 0 saturated heterocycles. The van der Waals surface area contributed by atoms with Gasteiger partial charge in [0.05, 0.1) is 11.6 Å². The van der Waals surface area contributed by atoms with Gasteiger partial charge in [-0.15, -0.1) is 10.2 Å². The summed E-state index contributed by atoms with van der Waals surface area (Å²) in [7, 11) is 0. The summed E-state index contributed by atoms with van der Waals surface area (Å²) in [6, 6.07) is -0.271. The Morgan fingerprint density at radius 1 is 1.44 bits per heavy atom. The summed E-state index contributed by atoms with van der Waals surface area (Å²) >= 11 is 5.87. The van der Waals surface area contributed by atoms with Gasteiger partial charge in [-0.3, -0.25) is 4.79 Å². The highest BCUT2D eigenvalue weighted by Crippen LogP contribution is 2.22. The summed E-state index contributed by atoms with van der Waals surface area (Å²) in [6.45, 7) is 3.50. The zero-order chi connectivity index (χ0) is 13.1. The molecule has 0 radical (unpaired) electrons. The molecular formula is C9H10ClN7O. The number of aldehydes is 1. The van der Waals surface area contributed by atoms with Crippen molar-refractivity contribution in [1.82, 2.24) is 30.6 Å². The van der Waals surface area contributed by atoms with Crippen molar-refractivity contribution in [3.05, 3.63) is 22.4 Å². The number of hydrogen-bond acceptors (Lipinski definition) is 7. The van der Waals surface area contributed by atoms with E-state index in [9.17, 15) is 4.79 Å². The first-order chi connectivity index (χ1) is 8.61. The first kappa shape index (κ1) is 12.4. The molecule has 0 aliphatic carbocycles. The van der Waals surface area contributed by atoms with Crippen LogP contribution in [0.4, 0.5) is 5.82 Å². The highest BCUT2D eigenvalue weighted by molar-refractivity contribution is 6.32. The number of H-pyrrole nitrogens is 1. The van der Waals surface area contributed by atoms with Crippen LogP contribution >= 0.6 is 11.6 Å². The molecule has 2 N–H and O–H groups in total. The maximum absolute atomic E-state index is 11.0. The van der Waals surface area contributed by atoms with E-state index in [1.807, 2.05) is 6.92 Å². The minimum atomic E-state index is -0.271.